The van der Waals surface area contributed by atoms with E-state index in [0.717, 1.165) is 12.8 Å². The van der Waals surface area contributed by atoms with Crippen LogP contribution in [0.3, 0.4) is 0 Å². The number of nitro benzene ring substituents is 1. The highest BCUT2D eigenvalue weighted by molar-refractivity contribution is 5.74. The number of carbonyl (C=O) groups is 1. The van der Waals surface area contributed by atoms with E-state index in [4.69, 9.17) is 0 Å². The third-order valence-corrected chi connectivity index (χ3v) is 4.07. The van der Waals surface area contributed by atoms with E-state index in [1.54, 1.807) is 24.0 Å². The lowest BCUT2D eigenvalue weighted by molar-refractivity contribution is -0.384. The molecule has 0 aliphatic carbocycles. The second-order valence-electron chi connectivity index (χ2n) is 5.65. The largest absolute Gasteiger partial charge is 0.393 e. The second kappa shape index (κ2) is 7.22. The van der Waals surface area contributed by atoms with Crippen LogP contribution in [0.1, 0.15) is 25.3 Å². The van der Waals surface area contributed by atoms with Gasteiger partial charge in [-0.2, -0.15) is 0 Å². The number of nitrogens with one attached hydrogen (secondary N) is 1. The molecule has 1 aliphatic heterocycles. The van der Waals surface area contributed by atoms with E-state index in [9.17, 15) is 20.0 Å². The van der Waals surface area contributed by atoms with Gasteiger partial charge in [-0.25, -0.2) is 4.79 Å². The normalized spacial score (nSPS) is 17.1. The van der Waals surface area contributed by atoms with E-state index >= 15 is 0 Å². The number of urea groups is 1. The number of aliphatic hydroxyl groups is 1. The Hall–Kier alpha value is -2.15. The van der Waals surface area contributed by atoms with Gasteiger partial charge in [0.1, 0.15) is 0 Å². The first kappa shape index (κ1) is 16.2. The van der Waals surface area contributed by atoms with Gasteiger partial charge in [-0.1, -0.05) is 12.1 Å². The number of non-ortho nitro benzene ring substituents is 1. The van der Waals surface area contributed by atoms with Crippen molar-refractivity contribution < 1.29 is 14.8 Å². The summed E-state index contributed by atoms with van der Waals surface area (Å²) in [5, 5.41) is 23.0. The molecule has 1 atom stereocenters. The van der Waals surface area contributed by atoms with Gasteiger partial charge < -0.3 is 15.3 Å². The lowest BCUT2D eigenvalue weighted by atomic mass is 9.92. The first-order chi connectivity index (χ1) is 10.5. The lowest BCUT2D eigenvalue weighted by Gasteiger charge is -2.33. The van der Waals surface area contributed by atoms with Crippen LogP contribution in [0.15, 0.2) is 24.3 Å². The number of hydrogen-bond donors (Lipinski definition) is 2. The summed E-state index contributed by atoms with van der Waals surface area (Å²) in [7, 11) is 0. The number of benzene rings is 1. The van der Waals surface area contributed by atoms with Crippen LogP contribution in [0.25, 0.3) is 0 Å². The number of piperidine rings is 1. The molecule has 0 saturated carbocycles. The molecule has 1 aromatic rings. The van der Waals surface area contributed by atoms with Crippen molar-refractivity contribution in [2.75, 3.05) is 13.1 Å². The van der Waals surface area contributed by atoms with E-state index in [2.05, 4.69) is 5.32 Å². The van der Waals surface area contributed by atoms with E-state index < -0.39 is 4.92 Å². The zero-order valence-electron chi connectivity index (χ0n) is 12.6. The van der Waals surface area contributed by atoms with E-state index in [-0.39, 0.29) is 30.3 Å². The number of nitro groups is 1. The smallest absolute Gasteiger partial charge is 0.317 e. The predicted octanol–water partition coefficient (Wildman–Crippen LogP) is 1.90. The maximum Gasteiger partial charge on any atom is 0.317 e. The zero-order chi connectivity index (χ0) is 16.1. The Morgan fingerprint density at radius 2 is 2.18 bits per heavy atom. The van der Waals surface area contributed by atoms with Crippen LogP contribution in [0.2, 0.25) is 0 Å². The van der Waals surface area contributed by atoms with Crippen molar-refractivity contribution in [2.24, 2.45) is 5.92 Å². The summed E-state index contributed by atoms with van der Waals surface area (Å²) >= 11 is 0. The van der Waals surface area contributed by atoms with E-state index in [0.29, 0.717) is 18.7 Å². The Labute approximate surface area is 129 Å². The average molecular weight is 307 g/mol. The molecule has 2 rings (SSSR count). The number of hydrogen-bond acceptors (Lipinski definition) is 4. The Morgan fingerprint density at radius 1 is 1.50 bits per heavy atom. The van der Waals surface area contributed by atoms with Crippen molar-refractivity contribution in [1.29, 1.82) is 0 Å². The molecule has 2 amide bonds. The molecule has 120 valence electrons. The lowest BCUT2D eigenvalue weighted by Crippen LogP contribution is -2.45. The maximum absolute atomic E-state index is 12.1. The number of amides is 2. The van der Waals surface area contributed by atoms with Crippen LogP contribution in [-0.4, -0.2) is 40.2 Å². The van der Waals surface area contributed by atoms with Crippen LogP contribution in [-0.2, 0) is 6.54 Å². The number of aliphatic hydroxyl groups excluding tert-OH is 1. The fraction of sp³-hybridized carbons (Fsp3) is 0.533. The monoisotopic (exact) mass is 307 g/mol. The number of likely N-dealkylation sites (tertiary alicyclic amines) is 1. The minimum atomic E-state index is -0.452. The van der Waals surface area contributed by atoms with Gasteiger partial charge in [-0.3, -0.25) is 10.1 Å². The third kappa shape index (κ3) is 4.17. The summed E-state index contributed by atoms with van der Waals surface area (Å²) in [4.78, 5) is 24.1. The van der Waals surface area contributed by atoms with E-state index in [1.165, 1.54) is 12.1 Å². The first-order valence-corrected chi connectivity index (χ1v) is 7.41. The predicted molar refractivity (Wildman–Crippen MR) is 81.3 cm³/mol. The van der Waals surface area contributed by atoms with Gasteiger partial charge in [0, 0.05) is 31.8 Å². The molecule has 1 aliphatic rings. The van der Waals surface area contributed by atoms with Crippen molar-refractivity contribution in [3.8, 4) is 0 Å². The molecule has 0 spiro atoms. The number of rotatable bonds is 4. The number of nitrogens with zero attached hydrogens (tertiary/aromatic N) is 2. The topological polar surface area (TPSA) is 95.7 Å². The Balaban J connectivity index is 1.83. The van der Waals surface area contributed by atoms with Gasteiger partial charge in [-0.15, -0.1) is 0 Å². The Bertz CT molecular complexity index is 539. The minimum absolute atomic E-state index is 0.0181. The second-order valence-corrected chi connectivity index (χ2v) is 5.65. The van der Waals surface area contributed by atoms with Crippen LogP contribution in [0, 0.1) is 16.0 Å². The third-order valence-electron chi connectivity index (χ3n) is 4.07. The fourth-order valence-corrected chi connectivity index (χ4v) is 2.65. The molecule has 7 heteroatoms. The quantitative estimate of drug-likeness (QED) is 0.656. The van der Waals surface area contributed by atoms with Crippen LogP contribution in [0.4, 0.5) is 10.5 Å². The summed E-state index contributed by atoms with van der Waals surface area (Å²) in [6.45, 7) is 3.28. The first-order valence-electron chi connectivity index (χ1n) is 7.41. The average Bonchev–Trinajstić information content (AvgIpc) is 2.53. The van der Waals surface area contributed by atoms with Gasteiger partial charge >= 0.3 is 6.03 Å². The molecule has 1 unspecified atom stereocenters. The zero-order valence-corrected chi connectivity index (χ0v) is 12.6. The molecule has 0 aromatic heterocycles. The summed E-state index contributed by atoms with van der Waals surface area (Å²) in [6, 6.07) is 6.06. The number of carbonyl (C=O) groups excluding carboxylic acids is 1. The van der Waals surface area contributed by atoms with Crippen LogP contribution in [0.5, 0.6) is 0 Å². The molecule has 1 saturated heterocycles. The highest BCUT2D eigenvalue weighted by Gasteiger charge is 2.25. The molecule has 1 heterocycles. The molecule has 22 heavy (non-hydrogen) atoms. The van der Waals surface area contributed by atoms with E-state index in [1.807, 2.05) is 0 Å². The highest BCUT2D eigenvalue weighted by Crippen LogP contribution is 2.20. The van der Waals surface area contributed by atoms with Gasteiger partial charge in [0.2, 0.25) is 0 Å². The highest BCUT2D eigenvalue weighted by atomic mass is 16.6. The van der Waals surface area contributed by atoms with Gasteiger partial charge in [-0.05, 0) is 31.2 Å². The van der Waals surface area contributed by atoms with Gasteiger partial charge in [0.15, 0.2) is 0 Å². The summed E-state index contributed by atoms with van der Waals surface area (Å²) in [5.74, 6) is 0.251. The minimum Gasteiger partial charge on any atom is -0.393 e. The SMILES string of the molecule is CC(O)C1CCN(C(=O)NCc2cccc([N+](=O)[O-])c2)CC1. The summed E-state index contributed by atoms with van der Waals surface area (Å²) < 4.78 is 0. The molecule has 1 fully saturated rings. The molecular formula is C15H21N3O4. The summed E-state index contributed by atoms with van der Waals surface area (Å²) in [5.41, 5.74) is 0.714. The van der Waals surface area contributed by atoms with Crippen molar-refractivity contribution in [3.05, 3.63) is 39.9 Å². The molecule has 2 N–H and O–H groups in total. The standard InChI is InChI=1S/C15H21N3O4/c1-11(19)13-5-7-17(8-6-13)15(20)16-10-12-3-2-4-14(9-12)18(21)22/h2-4,9,11,13,19H,5-8,10H2,1H3,(H,16,20). The van der Waals surface area contributed by atoms with Crippen molar-refractivity contribution in [2.45, 2.75) is 32.4 Å². The molecule has 1 aromatic carbocycles. The molecule has 7 nitrogen and oxygen atoms in total. The van der Waals surface area contributed by atoms with Gasteiger partial charge in [0.25, 0.3) is 5.69 Å². The van der Waals surface area contributed by atoms with Crippen molar-refractivity contribution >= 4 is 11.7 Å². The Kier molecular flexibility index (Phi) is 5.32. The Morgan fingerprint density at radius 3 is 2.77 bits per heavy atom. The van der Waals surface area contributed by atoms with Crippen molar-refractivity contribution in [1.82, 2.24) is 10.2 Å². The maximum atomic E-state index is 12.1. The van der Waals surface area contributed by atoms with Crippen molar-refractivity contribution in [3.63, 3.8) is 0 Å². The van der Waals surface area contributed by atoms with Gasteiger partial charge in [0.05, 0.1) is 11.0 Å². The molecule has 0 bridgehead atoms. The molecule has 0 radical (unpaired) electrons. The molecular weight excluding hydrogens is 286 g/mol. The van der Waals surface area contributed by atoms with Crippen LogP contribution >= 0.6 is 0 Å². The fourth-order valence-electron chi connectivity index (χ4n) is 2.65. The van der Waals surface area contributed by atoms with Crippen LogP contribution < -0.4 is 5.32 Å². The summed E-state index contributed by atoms with van der Waals surface area (Å²) in [6.07, 6.45) is 1.25.